The molecule has 0 aliphatic heterocycles. The monoisotopic (exact) mass is 204 g/mol. The van der Waals surface area contributed by atoms with Crippen LogP contribution in [0.4, 0.5) is 0 Å². The van der Waals surface area contributed by atoms with E-state index in [0.717, 1.165) is 29.6 Å². The molecule has 3 aliphatic carbocycles. The molecule has 5 atom stereocenters. The molecule has 84 valence electrons. The van der Waals surface area contributed by atoms with E-state index in [1.54, 1.807) is 5.57 Å². The van der Waals surface area contributed by atoms with Crippen LogP contribution in [0, 0.1) is 35.0 Å². The molecule has 0 aromatic carbocycles. The van der Waals surface area contributed by atoms with E-state index in [4.69, 9.17) is 0 Å². The molecule has 0 N–H and O–H groups in total. The average molecular weight is 204 g/mol. The summed E-state index contributed by atoms with van der Waals surface area (Å²) in [6.07, 6.45) is 5.83. The topological polar surface area (TPSA) is 0 Å². The summed E-state index contributed by atoms with van der Waals surface area (Å²) in [7, 11) is 0. The van der Waals surface area contributed by atoms with Gasteiger partial charge >= 0.3 is 0 Å². The first kappa shape index (κ1) is 9.93. The molecule has 3 fully saturated rings. The number of hydrogen-bond donors (Lipinski definition) is 0. The molecule has 3 rings (SSSR count). The predicted octanol–water partition coefficient (Wildman–Crippen LogP) is 4.27. The highest BCUT2D eigenvalue weighted by Gasteiger charge is 2.61. The van der Waals surface area contributed by atoms with Crippen molar-refractivity contribution in [1.29, 1.82) is 0 Å². The second kappa shape index (κ2) is 2.90. The maximum absolute atomic E-state index is 4.45. The first-order valence-electron chi connectivity index (χ1n) is 6.75. The van der Waals surface area contributed by atoms with Crippen molar-refractivity contribution in [2.24, 2.45) is 35.0 Å². The van der Waals surface area contributed by atoms with E-state index in [-0.39, 0.29) is 0 Å². The molecular weight excluding hydrogens is 180 g/mol. The lowest BCUT2D eigenvalue weighted by molar-refractivity contribution is 0.0780. The molecule has 0 unspecified atom stereocenters. The van der Waals surface area contributed by atoms with Crippen LogP contribution in [0.3, 0.4) is 0 Å². The molecule has 15 heavy (non-hydrogen) atoms. The quantitative estimate of drug-likeness (QED) is 0.559. The van der Waals surface area contributed by atoms with Gasteiger partial charge in [0.15, 0.2) is 0 Å². The Kier molecular flexibility index (Phi) is 1.92. The van der Waals surface area contributed by atoms with Crippen molar-refractivity contribution in [1.82, 2.24) is 0 Å². The van der Waals surface area contributed by atoms with Crippen LogP contribution in [0.15, 0.2) is 12.2 Å². The largest absolute Gasteiger partial charge is 0.0990 e. The van der Waals surface area contributed by atoms with E-state index < -0.39 is 0 Å². The van der Waals surface area contributed by atoms with Crippen molar-refractivity contribution < 1.29 is 0 Å². The Balaban J connectivity index is 2.00. The minimum atomic E-state index is 0.541. The molecular formula is C15H24. The van der Waals surface area contributed by atoms with Crippen molar-refractivity contribution in [3.63, 3.8) is 0 Å². The van der Waals surface area contributed by atoms with Gasteiger partial charge in [0.05, 0.1) is 0 Å². The fourth-order valence-corrected chi connectivity index (χ4v) is 5.22. The Morgan fingerprint density at radius 2 is 2.00 bits per heavy atom. The maximum Gasteiger partial charge on any atom is -0.00849 e. The Labute approximate surface area is 94.1 Å². The van der Waals surface area contributed by atoms with Gasteiger partial charge < -0.3 is 0 Å². The third-order valence-corrected chi connectivity index (χ3v) is 6.07. The number of allylic oxidation sites excluding steroid dienone is 1. The summed E-state index contributed by atoms with van der Waals surface area (Å²) in [6, 6.07) is 0. The maximum atomic E-state index is 4.45. The summed E-state index contributed by atoms with van der Waals surface area (Å²) >= 11 is 0. The fourth-order valence-electron chi connectivity index (χ4n) is 5.22. The van der Waals surface area contributed by atoms with Crippen molar-refractivity contribution in [2.75, 3.05) is 0 Å². The highest BCUT2D eigenvalue weighted by atomic mass is 14.7. The molecule has 0 spiro atoms. The van der Waals surface area contributed by atoms with Gasteiger partial charge in [-0.25, -0.2) is 0 Å². The van der Waals surface area contributed by atoms with Crippen LogP contribution < -0.4 is 0 Å². The smallest absolute Gasteiger partial charge is 0.00849 e. The van der Waals surface area contributed by atoms with Gasteiger partial charge in [-0.3, -0.25) is 0 Å². The second-order valence-electron chi connectivity index (χ2n) is 6.76. The van der Waals surface area contributed by atoms with E-state index in [1.165, 1.54) is 25.7 Å². The summed E-state index contributed by atoms with van der Waals surface area (Å²) in [6.45, 7) is 11.8. The number of hydrogen-bond acceptors (Lipinski definition) is 0. The third-order valence-electron chi connectivity index (χ3n) is 6.07. The predicted molar refractivity (Wildman–Crippen MR) is 64.5 cm³/mol. The van der Waals surface area contributed by atoms with E-state index in [2.05, 4.69) is 27.4 Å². The van der Waals surface area contributed by atoms with Crippen molar-refractivity contribution in [3.8, 4) is 0 Å². The normalized spacial score (nSPS) is 52.9. The van der Waals surface area contributed by atoms with E-state index in [9.17, 15) is 0 Å². The van der Waals surface area contributed by atoms with Crippen LogP contribution in [0.25, 0.3) is 0 Å². The summed E-state index contributed by atoms with van der Waals surface area (Å²) in [4.78, 5) is 0. The van der Waals surface area contributed by atoms with Crippen LogP contribution in [0.2, 0.25) is 0 Å². The van der Waals surface area contributed by atoms with Crippen molar-refractivity contribution in [2.45, 2.75) is 46.5 Å². The van der Waals surface area contributed by atoms with E-state index >= 15 is 0 Å². The van der Waals surface area contributed by atoms with E-state index in [1.807, 2.05) is 0 Å². The first-order chi connectivity index (χ1) is 7.05. The Morgan fingerprint density at radius 3 is 2.67 bits per heavy atom. The molecule has 3 saturated carbocycles. The highest BCUT2D eigenvalue weighted by molar-refractivity contribution is 5.29. The zero-order chi connectivity index (χ0) is 10.8. The molecule has 4 bridgehead atoms. The lowest BCUT2D eigenvalue weighted by atomic mass is 9.62. The van der Waals surface area contributed by atoms with Crippen molar-refractivity contribution >= 4 is 0 Å². The summed E-state index contributed by atoms with van der Waals surface area (Å²) in [5.41, 5.74) is 2.17. The Bertz CT molecular complexity index is 301. The van der Waals surface area contributed by atoms with Crippen LogP contribution >= 0.6 is 0 Å². The Hall–Kier alpha value is -0.260. The number of rotatable bonds is 1. The van der Waals surface area contributed by atoms with Crippen LogP contribution in [-0.4, -0.2) is 0 Å². The average Bonchev–Trinajstić information content (AvgIpc) is 2.65. The minimum absolute atomic E-state index is 0.541. The van der Waals surface area contributed by atoms with Gasteiger partial charge in [0.1, 0.15) is 0 Å². The SMILES string of the molecule is C=C1[C@H]2CC[C@@H]3[C@@H]2[C@H](C(C)C)CC[C@]13C. The van der Waals surface area contributed by atoms with Gasteiger partial charge in [0.25, 0.3) is 0 Å². The van der Waals surface area contributed by atoms with E-state index in [0.29, 0.717) is 5.41 Å². The van der Waals surface area contributed by atoms with Crippen molar-refractivity contribution in [3.05, 3.63) is 12.2 Å². The summed E-state index contributed by atoms with van der Waals surface area (Å²) < 4.78 is 0. The third kappa shape index (κ3) is 1.04. The molecule has 3 aliphatic rings. The van der Waals surface area contributed by atoms with Gasteiger partial charge in [-0.1, -0.05) is 32.9 Å². The zero-order valence-electron chi connectivity index (χ0n) is 10.4. The summed E-state index contributed by atoms with van der Waals surface area (Å²) in [5, 5.41) is 0. The first-order valence-corrected chi connectivity index (χ1v) is 6.75. The molecule has 0 radical (unpaired) electrons. The van der Waals surface area contributed by atoms with Gasteiger partial charge in [-0.2, -0.15) is 0 Å². The van der Waals surface area contributed by atoms with Gasteiger partial charge in [-0.15, -0.1) is 0 Å². The van der Waals surface area contributed by atoms with Gasteiger partial charge in [0.2, 0.25) is 0 Å². The molecule has 0 nitrogen and oxygen atoms in total. The zero-order valence-corrected chi connectivity index (χ0v) is 10.4. The summed E-state index contributed by atoms with van der Waals surface area (Å²) in [5.74, 6) is 4.78. The molecule has 0 heterocycles. The minimum Gasteiger partial charge on any atom is -0.0990 e. The molecule has 0 heteroatoms. The molecule has 0 amide bonds. The second-order valence-corrected chi connectivity index (χ2v) is 6.76. The fraction of sp³-hybridized carbons (Fsp3) is 0.867. The van der Waals surface area contributed by atoms with Crippen LogP contribution in [0.5, 0.6) is 0 Å². The van der Waals surface area contributed by atoms with Gasteiger partial charge in [0, 0.05) is 0 Å². The highest BCUT2D eigenvalue weighted by Crippen LogP contribution is 2.69. The molecule has 0 aromatic rings. The van der Waals surface area contributed by atoms with Crippen LogP contribution in [0.1, 0.15) is 46.5 Å². The lowest BCUT2D eigenvalue weighted by Crippen LogP contribution is -2.35. The van der Waals surface area contributed by atoms with Crippen LogP contribution in [-0.2, 0) is 0 Å². The standard InChI is InChI=1S/C15H24/c1-9(2)11-7-8-15(4)10(3)12-5-6-13(15)14(11)12/h9,11-14H,3,5-8H2,1-2,4H3/t11-,12+,13+,14+,15+/m0/s1. The van der Waals surface area contributed by atoms with Gasteiger partial charge in [-0.05, 0) is 60.7 Å². The Morgan fingerprint density at radius 1 is 1.27 bits per heavy atom. The molecule has 0 aromatic heterocycles. The molecule has 0 saturated heterocycles. The lowest BCUT2D eigenvalue weighted by Gasteiger charge is -2.43.